The highest BCUT2D eigenvalue weighted by atomic mass is 16.2. The fraction of sp³-hybridized carbons (Fsp3) is 0.471. The van der Waals surface area contributed by atoms with Crippen molar-refractivity contribution in [2.24, 2.45) is 0 Å². The van der Waals surface area contributed by atoms with Gasteiger partial charge in [-0.2, -0.15) is 0 Å². The van der Waals surface area contributed by atoms with Crippen molar-refractivity contribution in [1.82, 2.24) is 15.5 Å². The standard InChI is InChI=1S/C17H24N6O2/c1-11-10-22(8-6-20-11)12-3-4-13(14(9-12)19-2)16(18)23-7-5-15(24)21-17(23)25/h3-4,9,11,18-20H,5-8,10H2,1-2H3,(H,21,24,25). The highest BCUT2D eigenvalue weighted by molar-refractivity contribution is 6.12. The molecule has 4 N–H and O–H groups in total. The van der Waals surface area contributed by atoms with Crippen LogP contribution in [0.2, 0.25) is 0 Å². The summed E-state index contributed by atoms with van der Waals surface area (Å²) in [7, 11) is 1.80. The summed E-state index contributed by atoms with van der Waals surface area (Å²) in [6, 6.07) is 5.74. The Morgan fingerprint density at radius 2 is 2.12 bits per heavy atom. The van der Waals surface area contributed by atoms with Gasteiger partial charge in [0.1, 0.15) is 5.84 Å². The van der Waals surface area contributed by atoms with Gasteiger partial charge >= 0.3 is 6.03 Å². The lowest BCUT2D eigenvalue weighted by Crippen LogP contribution is -2.52. The van der Waals surface area contributed by atoms with E-state index in [4.69, 9.17) is 5.41 Å². The molecular weight excluding hydrogens is 320 g/mol. The van der Waals surface area contributed by atoms with E-state index >= 15 is 0 Å². The van der Waals surface area contributed by atoms with Gasteiger partial charge in [-0.25, -0.2) is 4.79 Å². The van der Waals surface area contributed by atoms with Gasteiger partial charge in [0.25, 0.3) is 0 Å². The number of carbonyl (C=O) groups excluding carboxylic acids is 2. The van der Waals surface area contributed by atoms with Crippen molar-refractivity contribution >= 4 is 29.1 Å². The van der Waals surface area contributed by atoms with Gasteiger partial charge in [0.05, 0.1) is 0 Å². The number of carbonyl (C=O) groups is 2. The SMILES string of the molecule is CNc1cc(N2CCNC(C)C2)ccc1C(=N)N1CCC(=O)NC1=O. The molecule has 2 fully saturated rings. The number of amides is 3. The number of piperazine rings is 1. The quantitative estimate of drug-likeness (QED) is 0.480. The molecule has 0 spiro atoms. The van der Waals surface area contributed by atoms with Crippen LogP contribution in [0, 0.1) is 5.41 Å². The van der Waals surface area contributed by atoms with Crippen LogP contribution in [0.25, 0.3) is 0 Å². The number of benzene rings is 1. The van der Waals surface area contributed by atoms with Crippen molar-refractivity contribution in [1.29, 1.82) is 5.41 Å². The molecule has 0 saturated carbocycles. The molecule has 2 heterocycles. The summed E-state index contributed by atoms with van der Waals surface area (Å²) in [5, 5.41) is 17.2. The zero-order chi connectivity index (χ0) is 18.0. The molecule has 2 aliphatic heterocycles. The fourth-order valence-corrected chi connectivity index (χ4v) is 3.23. The molecule has 1 aromatic rings. The van der Waals surface area contributed by atoms with E-state index in [1.54, 1.807) is 7.05 Å². The van der Waals surface area contributed by atoms with Crippen LogP contribution >= 0.6 is 0 Å². The number of anilines is 2. The van der Waals surface area contributed by atoms with Crippen molar-refractivity contribution in [2.45, 2.75) is 19.4 Å². The molecular formula is C17H24N6O2. The van der Waals surface area contributed by atoms with Crippen molar-refractivity contribution in [3.05, 3.63) is 23.8 Å². The van der Waals surface area contributed by atoms with E-state index in [0.29, 0.717) is 11.6 Å². The van der Waals surface area contributed by atoms with Crippen molar-refractivity contribution in [3.8, 4) is 0 Å². The Balaban J connectivity index is 1.83. The molecule has 134 valence electrons. The molecule has 0 aliphatic carbocycles. The summed E-state index contributed by atoms with van der Waals surface area (Å²) < 4.78 is 0. The molecule has 2 saturated heterocycles. The van der Waals surface area contributed by atoms with Crippen molar-refractivity contribution in [2.75, 3.05) is 43.4 Å². The molecule has 8 nitrogen and oxygen atoms in total. The average Bonchev–Trinajstić information content (AvgIpc) is 2.60. The maximum Gasteiger partial charge on any atom is 0.329 e. The third-order valence-electron chi connectivity index (χ3n) is 4.59. The predicted octanol–water partition coefficient (Wildman–Crippen LogP) is 0.794. The zero-order valence-electron chi connectivity index (χ0n) is 14.6. The molecule has 3 amide bonds. The average molecular weight is 344 g/mol. The van der Waals surface area contributed by atoms with E-state index in [2.05, 4.69) is 27.8 Å². The maximum absolute atomic E-state index is 12.0. The Morgan fingerprint density at radius 1 is 1.32 bits per heavy atom. The van der Waals surface area contributed by atoms with E-state index in [0.717, 1.165) is 31.0 Å². The smallest absolute Gasteiger partial charge is 0.329 e. The Bertz CT molecular complexity index is 704. The summed E-state index contributed by atoms with van der Waals surface area (Å²) in [4.78, 5) is 26.9. The third-order valence-corrected chi connectivity index (χ3v) is 4.59. The molecule has 1 unspecified atom stereocenters. The molecule has 8 heteroatoms. The second-order valence-electron chi connectivity index (χ2n) is 6.38. The lowest BCUT2D eigenvalue weighted by Gasteiger charge is -2.34. The van der Waals surface area contributed by atoms with Crippen LogP contribution in [-0.2, 0) is 4.79 Å². The first-order valence-electron chi connectivity index (χ1n) is 8.50. The van der Waals surface area contributed by atoms with Crippen LogP contribution in [0.4, 0.5) is 16.2 Å². The molecule has 0 aromatic heterocycles. The highest BCUT2D eigenvalue weighted by Crippen LogP contribution is 2.26. The molecule has 2 aliphatic rings. The minimum atomic E-state index is -0.539. The number of hydrogen-bond donors (Lipinski definition) is 4. The Morgan fingerprint density at radius 3 is 2.80 bits per heavy atom. The molecule has 1 aromatic carbocycles. The minimum absolute atomic E-state index is 0.0922. The summed E-state index contributed by atoms with van der Waals surface area (Å²) in [6.45, 7) is 5.18. The maximum atomic E-state index is 12.0. The van der Waals surface area contributed by atoms with Gasteiger partial charge in [-0.15, -0.1) is 0 Å². The number of imide groups is 1. The Kier molecular flexibility index (Phi) is 4.89. The normalized spacial score (nSPS) is 21.1. The molecule has 3 rings (SSSR count). The first kappa shape index (κ1) is 17.2. The first-order valence-corrected chi connectivity index (χ1v) is 8.50. The van der Waals surface area contributed by atoms with Gasteiger partial charge in [-0.3, -0.25) is 20.4 Å². The van der Waals surface area contributed by atoms with Gasteiger partial charge in [-0.05, 0) is 25.1 Å². The fourth-order valence-electron chi connectivity index (χ4n) is 3.23. The Labute approximate surface area is 147 Å². The molecule has 25 heavy (non-hydrogen) atoms. The van der Waals surface area contributed by atoms with E-state index in [-0.39, 0.29) is 24.7 Å². The first-order chi connectivity index (χ1) is 12.0. The van der Waals surface area contributed by atoms with E-state index in [1.807, 2.05) is 18.2 Å². The van der Waals surface area contributed by atoms with Crippen LogP contribution in [0.1, 0.15) is 18.9 Å². The number of amidine groups is 1. The van der Waals surface area contributed by atoms with Gasteiger partial charge in [-0.1, -0.05) is 0 Å². The van der Waals surface area contributed by atoms with Gasteiger partial charge in [0.2, 0.25) is 5.91 Å². The summed E-state index contributed by atoms with van der Waals surface area (Å²) >= 11 is 0. The van der Waals surface area contributed by atoms with Crippen LogP contribution in [0.3, 0.4) is 0 Å². The topological polar surface area (TPSA) is 101 Å². The number of hydrogen-bond acceptors (Lipinski definition) is 6. The van der Waals surface area contributed by atoms with E-state index in [1.165, 1.54) is 4.90 Å². The predicted molar refractivity (Wildman–Crippen MR) is 97.4 cm³/mol. The van der Waals surface area contributed by atoms with Crippen LogP contribution in [0.5, 0.6) is 0 Å². The van der Waals surface area contributed by atoms with Gasteiger partial charge in [0.15, 0.2) is 0 Å². The van der Waals surface area contributed by atoms with E-state index < -0.39 is 6.03 Å². The summed E-state index contributed by atoms with van der Waals surface area (Å²) in [5.74, 6) is -0.208. The van der Waals surface area contributed by atoms with Crippen molar-refractivity contribution in [3.63, 3.8) is 0 Å². The van der Waals surface area contributed by atoms with Crippen LogP contribution < -0.4 is 20.9 Å². The lowest BCUT2D eigenvalue weighted by molar-refractivity contribution is -0.121. The number of nitrogens with zero attached hydrogens (tertiary/aromatic N) is 2. The molecule has 1 atom stereocenters. The molecule has 0 radical (unpaired) electrons. The van der Waals surface area contributed by atoms with Gasteiger partial charge in [0, 0.05) is 62.6 Å². The van der Waals surface area contributed by atoms with Gasteiger partial charge < -0.3 is 15.5 Å². The monoisotopic (exact) mass is 344 g/mol. The van der Waals surface area contributed by atoms with Crippen LogP contribution in [-0.4, -0.2) is 61.9 Å². The van der Waals surface area contributed by atoms with E-state index in [9.17, 15) is 9.59 Å². The van der Waals surface area contributed by atoms with Crippen molar-refractivity contribution < 1.29 is 9.59 Å². The number of urea groups is 1. The Hall–Kier alpha value is -2.61. The second-order valence-corrected chi connectivity index (χ2v) is 6.38. The number of rotatable bonds is 3. The zero-order valence-corrected chi connectivity index (χ0v) is 14.6. The summed E-state index contributed by atoms with van der Waals surface area (Å²) in [6.07, 6.45) is 0.208. The second kappa shape index (κ2) is 7.10. The number of nitrogens with one attached hydrogen (secondary N) is 4. The molecule has 0 bridgehead atoms. The largest absolute Gasteiger partial charge is 0.387 e. The minimum Gasteiger partial charge on any atom is -0.387 e. The highest BCUT2D eigenvalue weighted by Gasteiger charge is 2.28. The third kappa shape index (κ3) is 3.58. The van der Waals surface area contributed by atoms with Crippen LogP contribution in [0.15, 0.2) is 18.2 Å². The lowest BCUT2D eigenvalue weighted by atomic mass is 10.1. The summed E-state index contributed by atoms with van der Waals surface area (Å²) in [5.41, 5.74) is 2.52.